The Labute approximate surface area is 664 Å². The van der Waals surface area contributed by atoms with Crippen molar-refractivity contribution in [3.63, 3.8) is 0 Å². The average molecular weight is 1600 g/mol. The molecule has 0 radical (unpaired) electrons. The van der Waals surface area contributed by atoms with Crippen LogP contribution in [0.15, 0.2) is 153 Å². The molecule has 0 amide bonds. The van der Waals surface area contributed by atoms with Crippen molar-refractivity contribution in [2.75, 3.05) is 67.0 Å². The van der Waals surface area contributed by atoms with E-state index in [0.29, 0.717) is 131 Å². The van der Waals surface area contributed by atoms with Crippen LogP contribution >= 0.6 is 0 Å². The van der Waals surface area contributed by atoms with E-state index in [1.54, 1.807) is 18.5 Å². The fourth-order valence-corrected chi connectivity index (χ4v) is 14.5. The number of nitrogens with one attached hydrogen (secondary N) is 8. The molecule has 4 aliphatic heterocycles. The maximum atomic E-state index is 14.4. The predicted octanol–water partition coefficient (Wildman–Crippen LogP) is 16.0. The monoisotopic (exact) mass is 1600 g/mol. The summed E-state index contributed by atoms with van der Waals surface area (Å²) in [6.07, 6.45) is 22.9. The fraction of sp³-hybridized carbons (Fsp3) is 0.304. The zero-order valence-electron chi connectivity index (χ0n) is 63.4. The minimum absolute atomic E-state index is 0.00823. The fourth-order valence-electron chi connectivity index (χ4n) is 14.5. The molecular formula is C79H79F8N29O. The molecule has 602 valence electrons. The maximum Gasteiger partial charge on any atom is 0.234 e. The Morgan fingerprint density at radius 3 is 1.20 bits per heavy atom. The average Bonchev–Trinajstić information content (AvgIpc) is 1.76. The standard InChI is InChI=1S/C21H18F2N8.C20H21F2N7.C19H21F2N7O.C19H19F2N7/c22-14-3-4-15(16(23)10-14)18-2-1-9-31(18)21-26-12-25-20(28-21)27-19-11-17(29-30-19)13-5-7-24-8-6-13;21-13-6-7-14(15(22)9-13)17-5-2-8-29(17)20-24-11-23-19(26-20)25-18-10-16(27-28-18)12-3-1-4-12;1-11(2)29-17-9-16(26-27-17)24-18-22-10-23-19(25-18)28-7-3-4-15(28)13-6-5-12(20)8-14(13)21;1-2-4-13-10-17(27-26-13)24-18-22-11-23-19(25-18)28-8-3-5-16(28)14-7-6-12(20)9-15(14)21/h3-8,10-12,18H,1-2,9H2,(H2,25,26,27,28,29,30);6-7,9-12,17H,1-5,8H2,(H2,23,24,25,26,27,28);5-6,8-11,15H,3-4,7H2,1-2H3,(H2,22,23,24,25,26,27);2,4,6-7,9-11,16H,3,5,8H2,1H3,(H2,22,23,24,25,26,27)/b;;;4-2+. The first-order valence-corrected chi connectivity index (χ1v) is 38.1. The lowest BCUT2D eigenvalue weighted by Gasteiger charge is -2.25. The Morgan fingerprint density at radius 1 is 0.410 bits per heavy atom. The van der Waals surface area contributed by atoms with Gasteiger partial charge in [0, 0.05) is 127 Å². The number of anilines is 12. The van der Waals surface area contributed by atoms with Crippen LogP contribution in [-0.2, 0) is 0 Å². The summed E-state index contributed by atoms with van der Waals surface area (Å²) in [5, 5.41) is 40.7. The summed E-state index contributed by atoms with van der Waals surface area (Å²) in [4.78, 5) is 63.2. The second-order valence-electron chi connectivity index (χ2n) is 28.2. The Hall–Kier alpha value is -13.7. The van der Waals surface area contributed by atoms with Crippen molar-refractivity contribution in [3.05, 3.63) is 233 Å². The van der Waals surface area contributed by atoms with Gasteiger partial charge in [-0.1, -0.05) is 36.8 Å². The van der Waals surface area contributed by atoms with Crippen molar-refractivity contribution in [3.8, 4) is 17.1 Å². The summed E-state index contributed by atoms with van der Waals surface area (Å²) in [6.45, 7) is 8.45. The van der Waals surface area contributed by atoms with Crippen molar-refractivity contribution in [2.45, 2.75) is 128 Å². The summed E-state index contributed by atoms with van der Waals surface area (Å²) < 4.78 is 116. The highest BCUT2D eigenvalue weighted by molar-refractivity contribution is 5.64. The Kier molecular flexibility index (Phi) is 24.3. The third-order valence-electron chi connectivity index (χ3n) is 20.1. The van der Waals surface area contributed by atoms with Gasteiger partial charge in [-0.05, 0) is 127 Å². The van der Waals surface area contributed by atoms with Gasteiger partial charge in [0.25, 0.3) is 0 Å². The largest absolute Gasteiger partial charge is 0.474 e. The predicted molar refractivity (Wildman–Crippen MR) is 420 cm³/mol. The Morgan fingerprint density at radius 2 is 0.803 bits per heavy atom. The van der Waals surface area contributed by atoms with Gasteiger partial charge in [-0.15, -0.1) is 5.10 Å². The van der Waals surface area contributed by atoms with E-state index in [1.165, 1.54) is 93.1 Å². The summed E-state index contributed by atoms with van der Waals surface area (Å²) >= 11 is 0. The van der Waals surface area contributed by atoms with Gasteiger partial charge in [-0.25, -0.2) is 75.0 Å². The van der Waals surface area contributed by atoms with Crippen LogP contribution < -0.4 is 45.6 Å². The van der Waals surface area contributed by atoms with E-state index in [1.807, 2.05) is 82.9 Å². The minimum Gasteiger partial charge on any atom is -0.474 e. The van der Waals surface area contributed by atoms with Crippen molar-refractivity contribution < 1.29 is 39.9 Å². The molecule has 4 atom stereocenters. The zero-order valence-corrected chi connectivity index (χ0v) is 63.4. The lowest BCUT2D eigenvalue weighted by molar-refractivity contribution is 0.232. The van der Waals surface area contributed by atoms with E-state index >= 15 is 0 Å². The normalized spacial score (nSPS) is 17.1. The van der Waals surface area contributed by atoms with E-state index in [2.05, 4.69) is 127 Å². The van der Waals surface area contributed by atoms with Crippen LogP contribution in [-0.4, -0.2) is 138 Å². The second-order valence-corrected chi connectivity index (χ2v) is 28.2. The molecule has 1 aliphatic carbocycles. The van der Waals surface area contributed by atoms with Gasteiger partial charge in [0.1, 0.15) is 77.7 Å². The van der Waals surface area contributed by atoms with Crippen molar-refractivity contribution >= 4 is 76.9 Å². The van der Waals surface area contributed by atoms with Gasteiger partial charge in [0.2, 0.25) is 53.5 Å². The number of allylic oxidation sites excluding steroid dienone is 1. The molecule has 0 spiro atoms. The Balaban J connectivity index is 0.000000122. The van der Waals surface area contributed by atoms with Crippen molar-refractivity contribution in [1.82, 2.24) is 106 Å². The molecule has 5 fully saturated rings. The molecule has 18 rings (SSSR count). The number of hydrogen-bond donors (Lipinski definition) is 8. The molecule has 1 saturated carbocycles. The summed E-state index contributed by atoms with van der Waals surface area (Å²) in [7, 11) is 0. The molecule has 4 unspecified atom stereocenters. The number of benzene rings is 4. The van der Waals surface area contributed by atoms with E-state index in [4.69, 9.17) is 4.74 Å². The highest BCUT2D eigenvalue weighted by Crippen LogP contribution is 2.42. The number of H-pyrrole nitrogens is 4. The molecule has 30 nitrogen and oxygen atoms in total. The number of ether oxygens (including phenoxy) is 1. The summed E-state index contributed by atoms with van der Waals surface area (Å²) in [5.41, 5.74) is 5.52. The molecule has 4 aromatic carbocycles. The van der Waals surface area contributed by atoms with Crippen molar-refractivity contribution in [1.29, 1.82) is 0 Å². The van der Waals surface area contributed by atoms with Crippen LogP contribution in [0.1, 0.15) is 155 Å². The molecule has 13 heterocycles. The summed E-state index contributed by atoms with van der Waals surface area (Å²) in [6, 6.07) is 24.8. The molecule has 8 N–H and O–H groups in total. The molecule has 13 aromatic rings. The number of pyridine rings is 1. The lowest BCUT2D eigenvalue weighted by atomic mass is 9.83. The number of aromatic amines is 4. The zero-order chi connectivity index (χ0) is 80.9. The summed E-state index contributed by atoms with van der Waals surface area (Å²) in [5.74, 6) is 1.89. The first kappa shape index (κ1) is 78.6. The van der Waals surface area contributed by atoms with E-state index in [9.17, 15) is 35.1 Å². The quantitative estimate of drug-likeness (QED) is 0.0310. The first-order valence-electron chi connectivity index (χ1n) is 38.1. The van der Waals surface area contributed by atoms with Crippen LogP contribution in [0, 0.1) is 46.5 Å². The number of halogens is 8. The minimum atomic E-state index is -0.595. The Bertz CT molecular complexity index is 5550. The molecular weight excluding hydrogens is 1520 g/mol. The van der Waals surface area contributed by atoms with Gasteiger partial charge in [0.05, 0.1) is 41.7 Å². The van der Waals surface area contributed by atoms with Gasteiger partial charge < -0.3 is 45.6 Å². The third kappa shape index (κ3) is 19.2. The van der Waals surface area contributed by atoms with Gasteiger partial charge in [-0.2, -0.15) is 35.2 Å². The SMILES string of the molecule is C/C=C/c1cc(Nc2ncnc(N3CCCC3c3ccc(F)cc3F)n2)n[nH]1.CC(C)Oc1cc(Nc2ncnc(N3CCCC3c3ccc(F)cc3F)n2)[nH]n1.Fc1ccc(C2CCCN2c2ncnc(Nc3cc(-c4ccncc4)[nH]n3)n2)c(F)c1.Fc1ccc(C2CCCN2c2ncnc(Nc3cc(C4CCC4)[nH]n3)n2)c(F)c1. The molecule has 38 heteroatoms. The van der Waals surface area contributed by atoms with E-state index < -0.39 is 46.5 Å². The van der Waals surface area contributed by atoms with Crippen LogP contribution in [0.5, 0.6) is 5.88 Å². The highest BCUT2D eigenvalue weighted by Gasteiger charge is 2.35. The smallest absolute Gasteiger partial charge is 0.234 e. The molecule has 9 aromatic heterocycles. The molecule has 4 saturated heterocycles. The first-order chi connectivity index (χ1) is 57.0. The van der Waals surface area contributed by atoms with Crippen molar-refractivity contribution in [2.24, 2.45) is 0 Å². The van der Waals surface area contributed by atoms with Gasteiger partial charge in [0.15, 0.2) is 17.5 Å². The van der Waals surface area contributed by atoms with Crippen LogP contribution in [0.25, 0.3) is 17.3 Å². The van der Waals surface area contributed by atoms with Crippen LogP contribution in [0.4, 0.5) is 106 Å². The topological polar surface area (TPSA) is 353 Å². The van der Waals surface area contributed by atoms with E-state index in [0.717, 1.165) is 98.3 Å². The van der Waals surface area contributed by atoms with E-state index in [-0.39, 0.29) is 30.3 Å². The number of rotatable bonds is 21. The molecule has 117 heavy (non-hydrogen) atoms. The number of aromatic nitrogens is 21. The second kappa shape index (κ2) is 36.2. The van der Waals surface area contributed by atoms with Gasteiger partial charge >= 0.3 is 0 Å². The number of hydrogen-bond acceptors (Lipinski definition) is 26. The molecule has 0 bridgehead atoms. The maximum absolute atomic E-state index is 14.4. The third-order valence-corrected chi connectivity index (χ3v) is 20.1. The van der Waals surface area contributed by atoms with Crippen LogP contribution in [0.3, 0.4) is 0 Å². The molecule has 5 aliphatic rings. The van der Waals surface area contributed by atoms with Gasteiger partial charge in [-0.3, -0.25) is 25.4 Å². The number of nitrogens with zero attached hydrogens (tertiary/aromatic N) is 21. The van der Waals surface area contributed by atoms with Crippen LogP contribution in [0.2, 0.25) is 0 Å². The lowest BCUT2D eigenvalue weighted by Crippen LogP contribution is -2.25. The highest BCUT2D eigenvalue weighted by atomic mass is 19.2.